The third kappa shape index (κ3) is 2.87. The van der Waals surface area contributed by atoms with Gasteiger partial charge in [0, 0.05) is 11.4 Å². The van der Waals surface area contributed by atoms with Crippen LogP contribution in [0, 0.1) is 13.8 Å². The zero-order chi connectivity index (χ0) is 16.7. The fourth-order valence-corrected chi connectivity index (χ4v) is 3.19. The smallest absolute Gasteiger partial charge is 0.273 e. The van der Waals surface area contributed by atoms with Crippen molar-refractivity contribution in [2.45, 2.75) is 13.8 Å². The maximum atomic E-state index is 11.8. The highest BCUT2D eigenvalue weighted by Gasteiger charge is 2.21. The van der Waals surface area contributed by atoms with E-state index in [1.807, 2.05) is 36.6 Å². The molecule has 3 rings (SSSR count). The molecule has 1 aromatic heterocycles. The van der Waals surface area contributed by atoms with E-state index in [4.69, 9.17) is 35.4 Å². The molecule has 1 aromatic carbocycles. The normalized spacial score (nSPS) is 15.9. The van der Waals surface area contributed by atoms with Crippen molar-refractivity contribution in [2.24, 2.45) is 0 Å². The SMILES string of the molecule is Cc1cc(/C=C2\NC(=S)NC2=O)c(C)n1-c1cccc(Cl)c1Cl. The van der Waals surface area contributed by atoms with E-state index in [-0.39, 0.29) is 5.91 Å². The molecule has 4 nitrogen and oxygen atoms in total. The van der Waals surface area contributed by atoms with E-state index in [2.05, 4.69) is 10.6 Å². The van der Waals surface area contributed by atoms with Gasteiger partial charge in [0.15, 0.2) is 5.11 Å². The minimum atomic E-state index is -0.236. The Kier molecular flexibility index (Phi) is 4.19. The number of halogens is 2. The molecule has 0 aliphatic carbocycles. The van der Waals surface area contributed by atoms with E-state index in [9.17, 15) is 4.79 Å². The first-order chi connectivity index (χ1) is 10.9. The predicted molar refractivity (Wildman–Crippen MR) is 97.1 cm³/mol. The highest BCUT2D eigenvalue weighted by molar-refractivity contribution is 7.80. The first-order valence-electron chi connectivity index (χ1n) is 6.86. The number of benzene rings is 1. The number of amides is 1. The standard InChI is InChI=1S/C16H13Cl2N3OS/c1-8-6-10(7-12-15(22)20-16(23)19-12)9(2)21(8)13-5-3-4-11(17)14(13)18/h3-7H,1-2H3,(H2,19,20,22,23)/b12-7-. The first-order valence-corrected chi connectivity index (χ1v) is 8.02. The zero-order valence-electron chi connectivity index (χ0n) is 12.4. The molecular weight excluding hydrogens is 353 g/mol. The van der Waals surface area contributed by atoms with Crippen molar-refractivity contribution in [3.63, 3.8) is 0 Å². The molecule has 0 spiro atoms. The monoisotopic (exact) mass is 365 g/mol. The van der Waals surface area contributed by atoms with Gasteiger partial charge < -0.3 is 9.88 Å². The molecule has 1 aliphatic rings. The van der Waals surface area contributed by atoms with Gasteiger partial charge in [0.1, 0.15) is 5.70 Å². The van der Waals surface area contributed by atoms with Crippen molar-refractivity contribution in [2.75, 3.05) is 0 Å². The Morgan fingerprint density at radius 3 is 2.61 bits per heavy atom. The van der Waals surface area contributed by atoms with Crippen LogP contribution < -0.4 is 10.6 Å². The Morgan fingerprint density at radius 2 is 1.96 bits per heavy atom. The average molecular weight is 366 g/mol. The van der Waals surface area contributed by atoms with Crippen LogP contribution in [0.25, 0.3) is 11.8 Å². The quantitative estimate of drug-likeness (QED) is 0.629. The van der Waals surface area contributed by atoms with Gasteiger partial charge in [-0.15, -0.1) is 0 Å². The Morgan fingerprint density at radius 1 is 1.22 bits per heavy atom. The lowest BCUT2D eigenvalue weighted by atomic mass is 10.2. The van der Waals surface area contributed by atoms with Crippen LogP contribution in [0.1, 0.15) is 17.0 Å². The summed E-state index contributed by atoms with van der Waals surface area (Å²) in [5, 5.41) is 6.69. The minimum absolute atomic E-state index is 0.236. The van der Waals surface area contributed by atoms with Gasteiger partial charge >= 0.3 is 0 Å². The van der Waals surface area contributed by atoms with Crippen LogP contribution in [0.15, 0.2) is 30.0 Å². The Balaban J connectivity index is 2.11. The molecule has 23 heavy (non-hydrogen) atoms. The van der Waals surface area contributed by atoms with Crippen LogP contribution >= 0.6 is 35.4 Å². The number of hydrogen-bond acceptors (Lipinski definition) is 2. The van der Waals surface area contributed by atoms with Gasteiger partial charge in [-0.2, -0.15) is 0 Å². The lowest BCUT2D eigenvalue weighted by molar-refractivity contribution is -0.115. The molecule has 2 heterocycles. The lowest BCUT2D eigenvalue weighted by Crippen LogP contribution is -2.21. The minimum Gasteiger partial charge on any atom is -0.328 e. The maximum Gasteiger partial charge on any atom is 0.273 e. The molecule has 7 heteroatoms. The molecule has 0 radical (unpaired) electrons. The van der Waals surface area contributed by atoms with Crippen molar-refractivity contribution in [1.82, 2.24) is 15.2 Å². The number of nitrogens with one attached hydrogen (secondary N) is 2. The van der Waals surface area contributed by atoms with Crippen molar-refractivity contribution in [3.8, 4) is 5.69 Å². The summed E-state index contributed by atoms with van der Waals surface area (Å²) in [4.78, 5) is 11.8. The number of thiocarbonyl (C=S) groups is 1. The number of nitrogens with zero attached hydrogens (tertiary/aromatic N) is 1. The number of carbonyl (C=O) groups excluding carboxylic acids is 1. The summed E-state index contributed by atoms with van der Waals surface area (Å²) < 4.78 is 2.01. The summed E-state index contributed by atoms with van der Waals surface area (Å²) in [5.74, 6) is -0.236. The van der Waals surface area contributed by atoms with E-state index in [1.54, 1.807) is 12.1 Å². The van der Waals surface area contributed by atoms with Gasteiger partial charge in [-0.1, -0.05) is 29.3 Å². The van der Waals surface area contributed by atoms with E-state index >= 15 is 0 Å². The fourth-order valence-electron chi connectivity index (χ4n) is 2.61. The summed E-state index contributed by atoms with van der Waals surface area (Å²) >= 11 is 17.4. The Hall–Kier alpha value is -1.82. The van der Waals surface area contributed by atoms with E-state index in [0.717, 1.165) is 22.6 Å². The molecule has 0 atom stereocenters. The van der Waals surface area contributed by atoms with Gasteiger partial charge in [-0.25, -0.2) is 0 Å². The van der Waals surface area contributed by atoms with Gasteiger partial charge in [-0.05, 0) is 55.9 Å². The summed E-state index contributed by atoms with van der Waals surface area (Å²) in [6, 6.07) is 7.49. The van der Waals surface area contributed by atoms with Crippen molar-refractivity contribution >= 4 is 52.5 Å². The first kappa shape index (κ1) is 16.1. The summed E-state index contributed by atoms with van der Waals surface area (Å²) in [7, 11) is 0. The highest BCUT2D eigenvalue weighted by Crippen LogP contribution is 2.32. The van der Waals surface area contributed by atoms with Crippen LogP contribution in [0.3, 0.4) is 0 Å². The molecule has 2 N–H and O–H groups in total. The molecule has 0 bridgehead atoms. The molecule has 1 saturated heterocycles. The number of rotatable bonds is 2. The Bertz CT molecular complexity index is 870. The molecule has 0 unspecified atom stereocenters. The largest absolute Gasteiger partial charge is 0.328 e. The molecular formula is C16H13Cl2N3OS. The van der Waals surface area contributed by atoms with Crippen LogP contribution in [0.5, 0.6) is 0 Å². The maximum absolute atomic E-state index is 11.8. The van der Waals surface area contributed by atoms with Crippen molar-refractivity contribution in [3.05, 3.63) is 57.0 Å². The summed E-state index contributed by atoms with van der Waals surface area (Å²) in [6.07, 6.45) is 1.77. The van der Waals surface area contributed by atoms with E-state index < -0.39 is 0 Å². The molecule has 1 aliphatic heterocycles. The van der Waals surface area contributed by atoms with Crippen molar-refractivity contribution in [1.29, 1.82) is 0 Å². The third-order valence-corrected chi connectivity index (χ3v) is 4.68. The second-order valence-corrected chi connectivity index (χ2v) is 6.39. The van der Waals surface area contributed by atoms with Crippen LogP contribution in [0.2, 0.25) is 10.0 Å². The van der Waals surface area contributed by atoms with E-state index in [0.29, 0.717) is 20.9 Å². The van der Waals surface area contributed by atoms with E-state index in [1.165, 1.54) is 0 Å². The molecule has 0 saturated carbocycles. The fraction of sp³-hybridized carbons (Fsp3) is 0.125. The highest BCUT2D eigenvalue weighted by atomic mass is 35.5. The lowest BCUT2D eigenvalue weighted by Gasteiger charge is -2.12. The van der Waals surface area contributed by atoms with Crippen LogP contribution in [-0.4, -0.2) is 15.6 Å². The van der Waals surface area contributed by atoms with Crippen molar-refractivity contribution < 1.29 is 4.79 Å². The average Bonchev–Trinajstić information content (AvgIpc) is 2.94. The number of aromatic nitrogens is 1. The molecule has 1 fully saturated rings. The zero-order valence-corrected chi connectivity index (χ0v) is 14.7. The van der Waals surface area contributed by atoms with Gasteiger partial charge in [-0.3, -0.25) is 10.1 Å². The van der Waals surface area contributed by atoms with Crippen LogP contribution in [0.4, 0.5) is 0 Å². The second kappa shape index (κ2) is 6.00. The van der Waals surface area contributed by atoms with Gasteiger partial charge in [0.25, 0.3) is 5.91 Å². The number of carbonyl (C=O) groups is 1. The summed E-state index contributed by atoms with van der Waals surface area (Å²) in [6.45, 7) is 3.93. The van der Waals surface area contributed by atoms with Gasteiger partial charge in [0.2, 0.25) is 0 Å². The van der Waals surface area contributed by atoms with Gasteiger partial charge in [0.05, 0.1) is 15.7 Å². The number of aryl methyl sites for hydroxylation is 1. The molecule has 2 aromatic rings. The number of hydrogen-bond donors (Lipinski definition) is 2. The van der Waals surface area contributed by atoms with Crippen LogP contribution in [-0.2, 0) is 4.79 Å². The topological polar surface area (TPSA) is 46.1 Å². The molecule has 1 amide bonds. The summed E-state index contributed by atoms with van der Waals surface area (Å²) in [5.41, 5.74) is 4.07. The molecule has 118 valence electrons. The third-order valence-electron chi connectivity index (χ3n) is 3.66. The second-order valence-electron chi connectivity index (χ2n) is 5.20. The predicted octanol–water partition coefficient (Wildman–Crippen LogP) is 3.75. The Labute approximate surface area is 149 Å².